The number of carbonyl (C=O) groups excluding carboxylic acids is 1. The highest BCUT2D eigenvalue weighted by molar-refractivity contribution is 5.90. The number of hydrogen-bond acceptors (Lipinski definition) is 8. The van der Waals surface area contributed by atoms with Gasteiger partial charge in [-0.3, -0.25) is 4.79 Å². The third-order valence-electron chi connectivity index (χ3n) is 6.33. The number of rotatable bonds is 10. The molecule has 0 radical (unpaired) electrons. The van der Waals surface area contributed by atoms with Crippen LogP contribution < -0.4 is 20.3 Å². The summed E-state index contributed by atoms with van der Waals surface area (Å²) in [7, 11) is 3.83. The number of nitrogens with zero attached hydrogens (tertiary/aromatic N) is 4. The third-order valence-corrected chi connectivity index (χ3v) is 6.33. The monoisotopic (exact) mass is 486 g/mol. The quantitative estimate of drug-likeness (QED) is 0.413. The largest absolute Gasteiger partial charge is 0.494 e. The van der Waals surface area contributed by atoms with Gasteiger partial charge in [0.05, 0.1) is 12.8 Å². The van der Waals surface area contributed by atoms with Crippen molar-refractivity contribution in [2.24, 2.45) is 0 Å². The summed E-state index contributed by atoms with van der Waals surface area (Å²) in [5.41, 5.74) is 4.93. The average Bonchev–Trinajstić information content (AvgIpc) is 2.89. The lowest BCUT2D eigenvalue weighted by molar-refractivity contribution is -0.114. The summed E-state index contributed by atoms with van der Waals surface area (Å²) < 4.78 is 5.68. The van der Waals surface area contributed by atoms with E-state index < -0.39 is 0 Å². The van der Waals surface area contributed by atoms with Gasteiger partial charge in [0.1, 0.15) is 11.6 Å². The van der Waals surface area contributed by atoms with E-state index in [9.17, 15) is 4.79 Å². The number of aryl methyl sites for hydroxylation is 1. The molecule has 1 saturated heterocycles. The van der Waals surface area contributed by atoms with Crippen molar-refractivity contribution < 1.29 is 9.53 Å². The second kappa shape index (κ2) is 11.7. The highest BCUT2D eigenvalue weighted by Crippen LogP contribution is 2.32. The lowest BCUT2D eigenvalue weighted by Gasteiger charge is -2.34. The van der Waals surface area contributed by atoms with Crippen molar-refractivity contribution >= 4 is 28.9 Å². The van der Waals surface area contributed by atoms with Crippen molar-refractivity contribution in [1.29, 1.82) is 0 Å². The summed E-state index contributed by atoms with van der Waals surface area (Å²) in [5, 5.41) is 6.70. The molecule has 1 fully saturated rings. The lowest BCUT2D eigenvalue weighted by atomic mass is 10.1. The Hall–Kier alpha value is -3.91. The molecule has 2 heterocycles. The van der Waals surface area contributed by atoms with E-state index in [0.29, 0.717) is 18.9 Å². The van der Waals surface area contributed by atoms with Gasteiger partial charge in [-0.15, -0.1) is 0 Å². The predicted molar refractivity (Wildman–Crippen MR) is 145 cm³/mol. The minimum atomic E-state index is 0.00876. The van der Waals surface area contributed by atoms with E-state index >= 15 is 0 Å². The van der Waals surface area contributed by atoms with Crippen LogP contribution in [-0.4, -0.2) is 61.0 Å². The molecule has 0 unspecified atom stereocenters. The van der Waals surface area contributed by atoms with E-state index in [1.54, 1.807) is 13.3 Å². The van der Waals surface area contributed by atoms with Crippen LogP contribution in [0.5, 0.6) is 5.75 Å². The zero-order chi connectivity index (χ0) is 25.5. The summed E-state index contributed by atoms with van der Waals surface area (Å²) in [6.07, 6.45) is 3.51. The number of aromatic nitrogens is 2. The molecule has 1 aromatic heterocycles. The first kappa shape index (κ1) is 25.2. The Morgan fingerprint density at radius 3 is 2.67 bits per heavy atom. The number of carbonyl (C=O) groups is 1. The maximum atomic E-state index is 11.7. The van der Waals surface area contributed by atoms with Crippen LogP contribution in [0.1, 0.15) is 16.7 Å². The van der Waals surface area contributed by atoms with Crippen molar-refractivity contribution in [1.82, 2.24) is 14.9 Å². The van der Waals surface area contributed by atoms with Gasteiger partial charge >= 0.3 is 0 Å². The molecule has 2 N–H and O–H groups in total. The topological polar surface area (TPSA) is 82.6 Å². The Labute approximate surface area is 213 Å². The van der Waals surface area contributed by atoms with Gasteiger partial charge in [0.25, 0.3) is 0 Å². The van der Waals surface area contributed by atoms with E-state index in [0.717, 1.165) is 65.8 Å². The minimum absolute atomic E-state index is 0.00876. The molecule has 2 aromatic carbocycles. The van der Waals surface area contributed by atoms with E-state index in [-0.39, 0.29) is 5.78 Å². The van der Waals surface area contributed by atoms with Gasteiger partial charge in [0.15, 0.2) is 5.78 Å². The summed E-state index contributed by atoms with van der Waals surface area (Å²) in [6.45, 7) is 10.2. The van der Waals surface area contributed by atoms with Gasteiger partial charge in [-0.2, -0.15) is 4.98 Å². The molecule has 0 bridgehead atoms. The second-order valence-electron chi connectivity index (χ2n) is 9.05. The number of benzene rings is 2. The summed E-state index contributed by atoms with van der Waals surface area (Å²) in [4.78, 5) is 25.6. The number of hydrogen-bond donors (Lipinski definition) is 2. The van der Waals surface area contributed by atoms with Crippen molar-refractivity contribution in [2.45, 2.75) is 19.9 Å². The van der Waals surface area contributed by atoms with Crippen LogP contribution >= 0.6 is 0 Å². The van der Waals surface area contributed by atoms with E-state index in [4.69, 9.17) is 9.72 Å². The molecule has 4 rings (SSSR count). The van der Waals surface area contributed by atoms with Crippen molar-refractivity contribution in [3.63, 3.8) is 0 Å². The van der Waals surface area contributed by atoms with Crippen molar-refractivity contribution in [2.75, 3.05) is 55.9 Å². The molecule has 0 amide bonds. The number of piperazine rings is 1. The van der Waals surface area contributed by atoms with Gasteiger partial charge in [0.2, 0.25) is 5.95 Å². The Bertz CT molecular complexity index is 1220. The van der Waals surface area contributed by atoms with Crippen LogP contribution in [0.15, 0.2) is 61.3 Å². The SMILES string of the molecule is C=CC(=O)Cc1cccc(CNc2nc(Nc3ccc(N4CCN(C)CC4)cc3OC)ncc2C)c1. The standard InChI is InChI=1S/C28H34N6O2/c1-5-24(35)16-21-7-6-8-22(15-21)19-29-27-20(2)18-30-28(32-27)31-25-10-9-23(17-26(25)36-4)34-13-11-33(3)12-14-34/h5-10,15,17-18H,1,11-14,16,19H2,2-4H3,(H2,29,30,31,32). The molecule has 1 aliphatic heterocycles. The maximum absolute atomic E-state index is 11.7. The van der Waals surface area contributed by atoms with Gasteiger partial charge in [-0.05, 0) is 43.3 Å². The number of ether oxygens (including phenoxy) is 1. The first-order chi connectivity index (χ1) is 17.4. The fourth-order valence-corrected chi connectivity index (χ4v) is 4.15. The van der Waals surface area contributed by atoms with Gasteiger partial charge in [0, 0.05) is 62.7 Å². The third kappa shape index (κ3) is 6.40. The van der Waals surface area contributed by atoms with Gasteiger partial charge in [-0.1, -0.05) is 30.8 Å². The number of likely N-dealkylation sites (N-methyl/N-ethyl adjacent to an activating group) is 1. The Morgan fingerprint density at radius 1 is 1.14 bits per heavy atom. The number of ketones is 1. The van der Waals surface area contributed by atoms with Crippen LogP contribution in [0.2, 0.25) is 0 Å². The first-order valence-electron chi connectivity index (χ1n) is 12.1. The van der Waals surface area contributed by atoms with E-state index in [1.807, 2.05) is 37.3 Å². The van der Waals surface area contributed by atoms with Crippen molar-refractivity contribution in [3.05, 3.63) is 78.0 Å². The summed E-state index contributed by atoms with van der Waals surface area (Å²) in [5.74, 6) is 1.98. The smallest absolute Gasteiger partial charge is 0.229 e. The van der Waals surface area contributed by atoms with Crippen LogP contribution in [0.4, 0.5) is 23.1 Å². The maximum Gasteiger partial charge on any atom is 0.229 e. The average molecular weight is 487 g/mol. The molecule has 188 valence electrons. The fraction of sp³-hybridized carbons (Fsp3) is 0.321. The van der Waals surface area contributed by atoms with E-state index in [2.05, 4.69) is 51.2 Å². The molecule has 8 nitrogen and oxygen atoms in total. The highest BCUT2D eigenvalue weighted by Gasteiger charge is 2.16. The molecule has 1 aliphatic rings. The molecule has 0 spiro atoms. The van der Waals surface area contributed by atoms with Crippen LogP contribution in [0.25, 0.3) is 0 Å². The van der Waals surface area contributed by atoms with Crippen LogP contribution in [0.3, 0.4) is 0 Å². The first-order valence-corrected chi connectivity index (χ1v) is 12.1. The molecule has 3 aromatic rings. The summed E-state index contributed by atoms with van der Waals surface area (Å²) >= 11 is 0. The number of allylic oxidation sites excluding steroid dienone is 1. The Morgan fingerprint density at radius 2 is 1.92 bits per heavy atom. The lowest BCUT2D eigenvalue weighted by Crippen LogP contribution is -2.44. The summed E-state index contributed by atoms with van der Waals surface area (Å²) in [6, 6.07) is 14.1. The Kier molecular flexibility index (Phi) is 8.17. The fourth-order valence-electron chi connectivity index (χ4n) is 4.15. The highest BCUT2D eigenvalue weighted by atomic mass is 16.5. The minimum Gasteiger partial charge on any atom is -0.494 e. The molecule has 36 heavy (non-hydrogen) atoms. The zero-order valence-corrected chi connectivity index (χ0v) is 21.3. The second-order valence-corrected chi connectivity index (χ2v) is 9.05. The molecular weight excluding hydrogens is 452 g/mol. The predicted octanol–water partition coefficient (Wildman–Crippen LogP) is 4.20. The number of methoxy groups -OCH3 is 1. The molecule has 0 atom stereocenters. The molecule has 0 saturated carbocycles. The zero-order valence-electron chi connectivity index (χ0n) is 21.3. The van der Waals surface area contributed by atoms with Crippen LogP contribution in [0, 0.1) is 6.92 Å². The number of nitrogens with one attached hydrogen (secondary N) is 2. The molecular formula is C28H34N6O2. The van der Waals surface area contributed by atoms with Crippen molar-refractivity contribution in [3.8, 4) is 5.75 Å². The van der Waals surface area contributed by atoms with E-state index in [1.165, 1.54) is 6.08 Å². The molecule has 8 heteroatoms. The van der Waals surface area contributed by atoms with Gasteiger partial charge in [-0.25, -0.2) is 4.98 Å². The Balaban J connectivity index is 1.44. The number of anilines is 4. The van der Waals surface area contributed by atoms with Gasteiger partial charge < -0.3 is 25.2 Å². The normalized spacial score (nSPS) is 13.8. The molecule has 0 aliphatic carbocycles. The van der Waals surface area contributed by atoms with Crippen LogP contribution in [-0.2, 0) is 17.8 Å².